The highest BCUT2D eigenvalue weighted by Gasteiger charge is 2.34. The normalized spacial score (nSPS) is 15.7. The highest BCUT2D eigenvalue weighted by molar-refractivity contribution is 5.95. The molecule has 2 N–H and O–H groups in total. The summed E-state index contributed by atoms with van der Waals surface area (Å²) in [4.78, 5) is 14.3. The Labute approximate surface area is 94.6 Å². The van der Waals surface area contributed by atoms with Crippen LogP contribution >= 0.6 is 0 Å². The van der Waals surface area contributed by atoms with Gasteiger partial charge in [-0.1, -0.05) is 0 Å². The number of nitrogens with two attached hydrogens (primary N) is 1. The SMILES string of the molecule is NC(=O)c1cc(C(F)(F)F)ncc1OC1CC1. The third kappa shape index (κ3) is 2.66. The van der Waals surface area contributed by atoms with Crippen molar-refractivity contribution < 1.29 is 22.7 Å². The molecule has 1 aromatic heterocycles. The first kappa shape index (κ1) is 11.7. The molecule has 0 radical (unpaired) electrons. The Kier molecular flexibility index (Phi) is 2.68. The van der Waals surface area contributed by atoms with Crippen molar-refractivity contribution in [2.45, 2.75) is 25.1 Å². The lowest BCUT2D eigenvalue weighted by Gasteiger charge is -2.11. The summed E-state index contributed by atoms with van der Waals surface area (Å²) in [5, 5.41) is 0. The van der Waals surface area contributed by atoms with Gasteiger partial charge in [-0.2, -0.15) is 13.2 Å². The van der Waals surface area contributed by atoms with E-state index in [4.69, 9.17) is 10.5 Å². The second-order valence-electron chi connectivity index (χ2n) is 3.74. The van der Waals surface area contributed by atoms with Crippen LogP contribution in [0.4, 0.5) is 13.2 Å². The maximum Gasteiger partial charge on any atom is 0.433 e. The van der Waals surface area contributed by atoms with Gasteiger partial charge in [-0.3, -0.25) is 4.79 Å². The zero-order valence-electron chi connectivity index (χ0n) is 8.62. The fourth-order valence-electron chi connectivity index (χ4n) is 1.25. The molecule has 1 aliphatic rings. The van der Waals surface area contributed by atoms with Crippen LogP contribution in [-0.2, 0) is 6.18 Å². The summed E-state index contributed by atoms with van der Waals surface area (Å²) in [6, 6.07) is 0.611. The van der Waals surface area contributed by atoms with Crippen molar-refractivity contribution in [2.75, 3.05) is 0 Å². The molecule has 2 rings (SSSR count). The van der Waals surface area contributed by atoms with Crippen LogP contribution < -0.4 is 10.5 Å². The topological polar surface area (TPSA) is 65.2 Å². The lowest BCUT2D eigenvalue weighted by Crippen LogP contribution is -2.17. The van der Waals surface area contributed by atoms with Crippen molar-refractivity contribution in [3.8, 4) is 5.75 Å². The summed E-state index contributed by atoms with van der Waals surface area (Å²) in [5.74, 6) is -0.957. The lowest BCUT2D eigenvalue weighted by atomic mass is 10.2. The maximum absolute atomic E-state index is 12.4. The van der Waals surface area contributed by atoms with Gasteiger partial charge in [0.25, 0.3) is 5.91 Å². The number of amides is 1. The van der Waals surface area contributed by atoms with Gasteiger partial charge in [0.05, 0.1) is 17.9 Å². The van der Waals surface area contributed by atoms with Gasteiger partial charge in [0.1, 0.15) is 5.69 Å². The maximum atomic E-state index is 12.4. The summed E-state index contributed by atoms with van der Waals surface area (Å²) >= 11 is 0. The average molecular weight is 246 g/mol. The van der Waals surface area contributed by atoms with Crippen LogP contribution in [0.5, 0.6) is 5.75 Å². The number of ether oxygens (including phenoxy) is 1. The van der Waals surface area contributed by atoms with Crippen molar-refractivity contribution >= 4 is 5.91 Å². The molecule has 0 aromatic carbocycles. The average Bonchev–Trinajstić information content (AvgIpc) is 3.00. The molecule has 92 valence electrons. The first-order valence-electron chi connectivity index (χ1n) is 4.91. The van der Waals surface area contributed by atoms with Gasteiger partial charge in [-0.25, -0.2) is 4.98 Å². The molecule has 4 nitrogen and oxygen atoms in total. The van der Waals surface area contributed by atoms with Crippen molar-refractivity contribution in [1.29, 1.82) is 0 Å². The van der Waals surface area contributed by atoms with Crippen LogP contribution in [0.2, 0.25) is 0 Å². The molecule has 17 heavy (non-hydrogen) atoms. The first-order chi connectivity index (χ1) is 7.88. The van der Waals surface area contributed by atoms with Gasteiger partial charge in [-0.05, 0) is 18.9 Å². The molecule has 0 spiro atoms. The van der Waals surface area contributed by atoms with E-state index in [9.17, 15) is 18.0 Å². The molecule has 1 fully saturated rings. The largest absolute Gasteiger partial charge is 0.488 e. The second-order valence-corrected chi connectivity index (χ2v) is 3.74. The Morgan fingerprint density at radius 3 is 2.59 bits per heavy atom. The number of primary amides is 1. The molecule has 0 saturated heterocycles. The van der Waals surface area contributed by atoms with Crippen molar-refractivity contribution in [1.82, 2.24) is 4.98 Å². The molecule has 1 saturated carbocycles. The summed E-state index contributed by atoms with van der Waals surface area (Å²) in [7, 11) is 0. The van der Waals surface area contributed by atoms with Gasteiger partial charge in [0.2, 0.25) is 0 Å². The van der Waals surface area contributed by atoms with Crippen LogP contribution in [0.25, 0.3) is 0 Å². The first-order valence-corrected chi connectivity index (χ1v) is 4.91. The molecule has 0 aliphatic heterocycles. The van der Waals surface area contributed by atoms with E-state index in [-0.39, 0.29) is 17.4 Å². The molecular weight excluding hydrogens is 237 g/mol. The Bertz CT molecular complexity index is 455. The summed E-state index contributed by atoms with van der Waals surface area (Å²) in [6.07, 6.45) is -2.13. The molecule has 1 aliphatic carbocycles. The third-order valence-corrected chi connectivity index (χ3v) is 2.24. The third-order valence-electron chi connectivity index (χ3n) is 2.24. The molecule has 7 heteroatoms. The molecule has 0 bridgehead atoms. The van der Waals surface area contributed by atoms with Crippen molar-refractivity contribution in [3.05, 3.63) is 23.5 Å². The van der Waals surface area contributed by atoms with E-state index in [1.165, 1.54) is 0 Å². The summed E-state index contributed by atoms with van der Waals surface area (Å²) in [6.45, 7) is 0. The Morgan fingerprint density at radius 1 is 1.47 bits per heavy atom. The zero-order chi connectivity index (χ0) is 12.6. The fraction of sp³-hybridized carbons (Fsp3) is 0.400. The zero-order valence-corrected chi connectivity index (χ0v) is 8.62. The monoisotopic (exact) mass is 246 g/mol. The molecule has 0 unspecified atom stereocenters. The van der Waals surface area contributed by atoms with E-state index in [1.807, 2.05) is 0 Å². The smallest absolute Gasteiger partial charge is 0.433 e. The Hall–Kier alpha value is -1.79. The second kappa shape index (κ2) is 3.90. The fourth-order valence-corrected chi connectivity index (χ4v) is 1.25. The molecule has 1 heterocycles. The molecule has 0 atom stereocenters. The van der Waals surface area contributed by atoms with Crippen LogP contribution in [0.3, 0.4) is 0 Å². The minimum absolute atomic E-state index is 0.00741. The van der Waals surface area contributed by atoms with E-state index < -0.39 is 17.8 Å². The van der Waals surface area contributed by atoms with Gasteiger partial charge in [0, 0.05) is 0 Å². The number of pyridine rings is 1. The number of aromatic nitrogens is 1. The van der Waals surface area contributed by atoms with E-state index >= 15 is 0 Å². The Morgan fingerprint density at radius 2 is 2.12 bits per heavy atom. The number of hydrogen-bond acceptors (Lipinski definition) is 3. The summed E-state index contributed by atoms with van der Waals surface area (Å²) < 4.78 is 42.4. The van der Waals surface area contributed by atoms with Gasteiger partial charge >= 0.3 is 6.18 Å². The number of rotatable bonds is 3. The predicted octanol–water partition coefficient (Wildman–Crippen LogP) is 1.74. The Balaban J connectivity index is 2.36. The van der Waals surface area contributed by atoms with Crippen LogP contribution in [0.1, 0.15) is 28.9 Å². The lowest BCUT2D eigenvalue weighted by molar-refractivity contribution is -0.141. The van der Waals surface area contributed by atoms with Gasteiger partial charge in [0.15, 0.2) is 5.75 Å². The molecule has 1 aromatic rings. The minimum atomic E-state index is -4.61. The van der Waals surface area contributed by atoms with E-state index in [2.05, 4.69) is 4.98 Å². The quantitative estimate of drug-likeness (QED) is 0.883. The highest BCUT2D eigenvalue weighted by atomic mass is 19.4. The summed E-state index contributed by atoms with van der Waals surface area (Å²) in [5.41, 5.74) is 3.56. The molecular formula is C10H9F3N2O2. The molecule has 1 amide bonds. The van der Waals surface area contributed by atoms with Gasteiger partial charge in [-0.15, -0.1) is 0 Å². The number of halogens is 3. The van der Waals surface area contributed by atoms with Crippen LogP contribution in [0, 0.1) is 0 Å². The van der Waals surface area contributed by atoms with Crippen molar-refractivity contribution in [2.24, 2.45) is 5.73 Å². The number of carbonyl (C=O) groups is 1. The number of carbonyl (C=O) groups excluding carboxylic acids is 1. The number of alkyl halides is 3. The van der Waals surface area contributed by atoms with E-state index in [0.29, 0.717) is 6.07 Å². The highest BCUT2D eigenvalue weighted by Crippen LogP contribution is 2.33. The van der Waals surface area contributed by atoms with E-state index in [0.717, 1.165) is 19.0 Å². The van der Waals surface area contributed by atoms with E-state index in [1.54, 1.807) is 0 Å². The number of hydrogen-bond donors (Lipinski definition) is 1. The predicted molar refractivity (Wildman–Crippen MR) is 51.4 cm³/mol. The standard InChI is InChI=1S/C10H9F3N2O2/c11-10(12,13)8-3-6(9(14)16)7(4-15-8)17-5-1-2-5/h3-5H,1-2H2,(H2,14,16). The van der Waals surface area contributed by atoms with Crippen LogP contribution in [-0.4, -0.2) is 17.0 Å². The van der Waals surface area contributed by atoms with Crippen molar-refractivity contribution in [3.63, 3.8) is 0 Å². The van der Waals surface area contributed by atoms with Crippen LogP contribution in [0.15, 0.2) is 12.3 Å². The number of nitrogens with zero attached hydrogens (tertiary/aromatic N) is 1. The minimum Gasteiger partial charge on any atom is -0.488 e. The van der Waals surface area contributed by atoms with Gasteiger partial charge < -0.3 is 10.5 Å².